The van der Waals surface area contributed by atoms with Gasteiger partial charge in [0.15, 0.2) is 0 Å². The monoisotopic (exact) mass is 357 g/mol. The van der Waals surface area contributed by atoms with Crippen LogP contribution >= 0.6 is 11.3 Å². The number of rotatable bonds is 5. The molecule has 3 rings (SSSR count). The molecule has 134 valence electrons. The van der Waals surface area contributed by atoms with E-state index >= 15 is 0 Å². The molecule has 25 heavy (non-hydrogen) atoms. The van der Waals surface area contributed by atoms with Crippen LogP contribution in [0.5, 0.6) is 0 Å². The van der Waals surface area contributed by atoms with E-state index in [0.717, 1.165) is 34.1 Å². The second-order valence-electron chi connectivity index (χ2n) is 7.02. The number of thiazole rings is 1. The molecular weight excluding hydrogens is 330 g/mol. The Morgan fingerprint density at radius 3 is 2.68 bits per heavy atom. The first-order chi connectivity index (χ1) is 12.0. The minimum atomic E-state index is 0.00753. The fourth-order valence-electron chi connectivity index (χ4n) is 3.64. The largest absolute Gasteiger partial charge is 0.351 e. The highest BCUT2D eigenvalue weighted by Crippen LogP contribution is 2.32. The maximum Gasteiger partial charge on any atom is 0.263 e. The summed E-state index contributed by atoms with van der Waals surface area (Å²) in [4.78, 5) is 20.4. The molecule has 0 radical (unpaired) electrons. The van der Waals surface area contributed by atoms with Crippen molar-refractivity contribution in [3.8, 4) is 10.6 Å². The minimum absolute atomic E-state index is 0.00753. The molecule has 4 nitrogen and oxygen atoms in total. The molecule has 2 heterocycles. The second-order valence-corrected chi connectivity index (χ2v) is 8.02. The number of benzene rings is 1. The lowest BCUT2D eigenvalue weighted by Gasteiger charge is -2.19. The lowest BCUT2D eigenvalue weighted by Crippen LogP contribution is -2.31. The fraction of sp³-hybridized carbons (Fsp3) is 0.500. The van der Waals surface area contributed by atoms with Crippen molar-refractivity contribution < 1.29 is 4.79 Å². The number of carbonyl (C=O) groups excluding carboxylic acids is 1. The van der Waals surface area contributed by atoms with Gasteiger partial charge >= 0.3 is 0 Å². The van der Waals surface area contributed by atoms with Gasteiger partial charge in [-0.15, -0.1) is 11.3 Å². The third-order valence-electron chi connectivity index (χ3n) is 5.13. The summed E-state index contributed by atoms with van der Waals surface area (Å²) in [5.41, 5.74) is 4.37. The normalized spacial score (nSPS) is 17.8. The van der Waals surface area contributed by atoms with Gasteiger partial charge in [0.1, 0.15) is 9.88 Å². The van der Waals surface area contributed by atoms with Crippen LogP contribution in [-0.2, 0) is 0 Å². The molecule has 1 atom stereocenters. The van der Waals surface area contributed by atoms with Gasteiger partial charge in [0, 0.05) is 18.2 Å². The van der Waals surface area contributed by atoms with Crippen molar-refractivity contribution >= 4 is 17.2 Å². The van der Waals surface area contributed by atoms with E-state index in [2.05, 4.69) is 54.3 Å². The number of nitrogens with zero attached hydrogens (tertiary/aromatic N) is 2. The van der Waals surface area contributed by atoms with E-state index in [1.807, 2.05) is 6.92 Å². The Morgan fingerprint density at radius 1 is 1.32 bits per heavy atom. The van der Waals surface area contributed by atoms with Crippen molar-refractivity contribution in [3.05, 3.63) is 39.9 Å². The number of aromatic nitrogens is 1. The molecule has 1 aliphatic rings. The van der Waals surface area contributed by atoms with E-state index in [1.54, 1.807) is 0 Å². The molecule has 1 aliphatic heterocycles. The zero-order chi connectivity index (χ0) is 18.0. The molecule has 1 amide bonds. The molecule has 5 heteroatoms. The maximum absolute atomic E-state index is 12.6. The summed E-state index contributed by atoms with van der Waals surface area (Å²) >= 11 is 1.50. The highest BCUT2D eigenvalue weighted by Gasteiger charge is 2.21. The number of amides is 1. The molecule has 0 bridgehead atoms. The topological polar surface area (TPSA) is 45.2 Å². The lowest BCUT2D eigenvalue weighted by molar-refractivity contribution is 0.0953. The van der Waals surface area contributed by atoms with Gasteiger partial charge in [-0.3, -0.25) is 4.79 Å². The zero-order valence-corrected chi connectivity index (χ0v) is 16.4. The summed E-state index contributed by atoms with van der Waals surface area (Å²) in [7, 11) is 2.17. The van der Waals surface area contributed by atoms with Crippen molar-refractivity contribution in [1.29, 1.82) is 0 Å². The fourth-order valence-corrected chi connectivity index (χ4v) is 4.80. The lowest BCUT2D eigenvalue weighted by atomic mass is 10.0. The molecule has 0 saturated carbocycles. The molecule has 1 fully saturated rings. The summed E-state index contributed by atoms with van der Waals surface area (Å²) in [6, 6.07) is 6.85. The first-order valence-corrected chi connectivity index (χ1v) is 9.81. The standard InChI is InChI=1S/C20H27N3OS/c1-13-7-5-8-14(2)17(13)20-22-15(3)18(25-20)19(24)21-11-10-16-9-6-12-23(16)4/h5,7-8,16H,6,9-12H2,1-4H3,(H,21,24). The first kappa shape index (κ1) is 18.1. The summed E-state index contributed by atoms with van der Waals surface area (Å²) in [5, 5.41) is 4.02. The first-order valence-electron chi connectivity index (χ1n) is 9.00. The molecule has 0 aliphatic carbocycles. The highest BCUT2D eigenvalue weighted by atomic mass is 32.1. The van der Waals surface area contributed by atoms with Gasteiger partial charge < -0.3 is 10.2 Å². The third kappa shape index (κ3) is 3.93. The smallest absolute Gasteiger partial charge is 0.263 e. The molecule has 1 unspecified atom stereocenters. The van der Waals surface area contributed by atoms with Crippen molar-refractivity contribution in [2.75, 3.05) is 20.1 Å². The number of hydrogen-bond acceptors (Lipinski definition) is 4. The number of aryl methyl sites for hydroxylation is 3. The van der Waals surface area contributed by atoms with Crippen molar-refractivity contribution in [3.63, 3.8) is 0 Å². The highest BCUT2D eigenvalue weighted by molar-refractivity contribution is 7.17. The molecule has 0 spiro atoms. The Kier molecular flexibility index (Phi) is 5.54. The predicted octanol–water partition coefficient (Wildman–Crippen LogP) is 3.95. The molecular formula is C20H27N3OS. The van der Waals surface area contributed by atoms with Crippen LogP contribution in [0.2, 0.25) is 0 Å². The third-order valence-corrected chi connectivity index (χ3v) is 6.31. The Labute approximate surface area is 154 Å². The van der Waals surface area contributed by atoms with Gasteiger partial charge in [-0.25, -0.2) is 4.98 Å². The van der Waals surface area contributed by atoms with Crippen LogP contribution < -0.4 is 5.32 Å². The van der Waals surface area contributed by atoms with Crippen molar-refractivity contribution in [2.24, 2.45) is 0 Å². The van der Waals surface area contributed by atoms with Gasteiger partial charge in [-0.05, 0) is 64.8 Å². The van der Waals surface area contributed by atoms with E-state index in [4.69, 9.17) is 0 Å². The van der Waals surface area contributed by atoms with Crippen LogP contribution in [0.4, 0.5) is 0 Å². The van der Waals surface area contributed by atoms with Gasteiger partial charge in [0.2, 0.25) is 0 Å². The molecule has 2 aromatic rings. The summed E-state index contributed by atoms with van der Waals surface area (Å²) in [5.74, 6) is 0.00753. The second kappa shape index (κ2) is 7.67. The summed E-state index contributed by atoms with van der Waals surface area (Å²) in [6.45, 7) is 8.01. The average Bonchev–Trinajstić information content (AvgIpc) is 3.13. The summed E-state index contributed by atoms with van der Waals surface area (Å²) in [6.07, 6.45) is 3.52. The number of carbonyl (C=O) groups is 1. The van der Waals surface area contributed by atoms with Crippen molar-refractivity contribution in [2.45, 2.75) is 46.1 Å². The Morgan fingerprint density at radius 2 is 2.04 bits per heavy atom. The van der Waals surface area contributed by atoms with Crippen LogP contribution in [0.1, 0.15) is 45.8 Å². The Hall–Kier alpha value is -1.72. The number of nitrogens with one attached hydrogen (secondary N) is 1. The van der Waals surface area contributed by atoms with Gasteiger partial charge in [-0.2, -0.15) is 0 Å². The maximum atomic E-state index is 12.6. The molecule has 1 aromatic heterocycles. The number of hydrogen-bond donors (Lipinski definition) is 1. The van der Waals surface area contributed by atoms with Crippen LogP contribution in [0.3, 0.4) is 0 Å². The number of likely N-dealkylation sites (tertiary alicyclic amines) is 1. The van der Waals surface area contributed by atoms with Crippen LogP contribution in [0, 0.1) is 20.8 Å². The predicted molar refractivity (Wildman–Crippen MR) is 104 cm³/mol. The SMILES string of the molecule is Cc1cccc(C)c1-c1nc(C)c(C(=O)NCCC2CCCN2C)s1. The van der Waals surface area contributed by atoms with E-state index in [9.17, 15) is 4.79 Å². The quantitative estimate of drug-likeness (QED) is 0.881. The molecule has 1 saturated heterocycles. The van der Waals surface area contributed by atoms with Gasteiger partial charge in [0.25, 0.3) is 5.91 Å². The van der Waals surface area contributed by atoms with Crippen molar-refractivity contribution in [1.82, 2.24) is 15.2 Å². The Bertz CT molecular complexity index is 748. The molecule has 1 aromatic carbocycles. The van der Waals surface area contributed by atoms with E-state index < -0.39 is 0 Å². The van der Waals surface area contributed by atoms with Gasteiger partial charge in [-0.1, -0.05) is 18.2 Å². The van der Waals surface area contributed by atoms with E-state index in [-0.39, 0.29) is 5.91 Å². The Balaban J connectivity index is 1.68. The van der Waals surface area contributed by atoms with Gasteiger partial charge in [0.05, 0.1) is 5.69 Å². The average molecular weight is 358 g/mol. The molecule has 1 N–H and O–H groups in total. The minimum Gasteiger partial charge on any atom is -0.351 e. The summed E-state index contributed by atoms with van der Waals surface area (Å²) < 4.78 is 0. The van der Waals surface area contributed by atoms with Crippen LogP contribution in [0.15, 0.2) is 18.2 Å². The van der Waals surface area contributed by atoms with E-state index in [0.29, 0.717) is 6.04 Å². The zero-order valence-electron chi connectivity index (χ0n) is 15.6. The van der Waals surface area contributed by atoms with Crippen LogP contribution in [0.25, 0.3) is 10.6 Å². The van der Waals surface area contributed by atoms with Crippen LogP contribution in [-0.4, -0.2) is 42.0 Å². The van der Waals surface area contributed by atoms with E-state index in [1.165, 1.54) is 41.9 Å².